The summed E-state index contributed by atoms with van der Waals surface area (Å²) < 4.78 is 24.6. The van der Waals surface area contributed by atoms with Crippen molar-refractivity contribution < 1.29 is 8.42 Å². The molecule has 1 aliphatic carbocycles. The molecule has 0 atom stereocenters. The van der Waals surface area contributed by atoms with E-state index in [4.69, 9.17) is 0 Å². The molecule has 5 heteroatoms. The van der Waals surface area contributed by atoms with Gasteiger partial charge in [0, 0.05) is 5.39 Å². The van der Waals surface area contributed by atoms with Crippen molar-refractivity contribution in [3.63, 3.8) is 0 Å². The number of benzene rings is 1. The van der Waals surface area contributed by atoms with E-state index in [0.29, 0.717) is 10.8 Å². The van der Waals surface area contributed by atoms with Gasteiger partial charge in [0.1, 0.15) is 0 Å². The van der Waals surface area contributed by atoms with E-state index in [2.05, 4.69) is 10.2 Å². The summed E-state index contributed by atoms with van der Waals surface area (Å²) >= 11 is 0. The van der Waals surface area contributed by atoms with Gasteiger partial charge in [-0.05, 0) is 37.0 Å². The minimum atomic E-state index is -3.15. The summed E-state index contributed by atoms with van der Waals surface area (Å²) in [5, 5.41) is 7.58. The number of nitrogens with one attached hydrogen (secondary N) is 1. The molecular weight excluding hydrogens is 248 g/mol. The predicted molar refractivity (Wildman–Crippen MR) is 70.1 cm³/mol. The average molecular weight is 264 g/mol. The van der Waals surface area contributed by atoms with E-state index in [1.165, 1.54) is 12.8 Å². The monoisotopic (exact) mass is 264 g/mol. The summed E-state index contributed by atoms with van der Waals surface area (Å²) in [6.45, 7) is 0. The van der Waals surface area contributed by atoms with Gasteiger partial charge in [-0.1, -0.05) is 12.8 Å². The molecule has 0 radical (unpaired) electrons. The van der Waals surface area contributed by atoms with E-state index in [0.717, 1.165) is 23.7 Å². The van der Waals surface area contributed by atoms with Crippen LogP contribution in [0.2, 0.25) is 0 Å². The van der Waals surface area contributed by atoms with Crippen molar-refractivity contribution in [1.82, 2.24) is 10.2 Å². The van der Waals surface area contributed by atoms with E-state index in [1.807, 2.05) is 0 Å². The second-order valence-corrected chi connectivity index (χ2v) is 7.09. The minimum absolute atomic E-state index is 0.288. The van der Waals surface area contributed by atoms with Gasteiger partial charge in [0.25, 0.3) is 0 Å². The minimum Gasteiger partial charge on any atom is -0.278 e. The third kappa shape index (κ3) is 2.14. The lowest BCUT2D eigenvalue weighted by atomic mass is 10.1. The van der Waals surface area contributed by atoms with Crippen LogP contribution in [0.1, 0.15) is 25.7 Å². The Hall–Kier alpha value is -1.36. The summed E-state index contributed by atoms with van der Waals surface area (Å²) in [5.74, 6) is 0.631. The molecule has 0 aliphatic heterocycles. The zero-order valence-electron chi connectivity index (χ0n) is 10.1. The van der Waals surface area contributed by atoms with Gasteiger partial charge in [-0.2, -0.15) is 5.10 Å². The van der Waals surface area contributed by atoms with Gasteiger partial charge < -0.3 is 0 Å². The van der Waals surface area contributed by atoms with Gasteiger partial charge in [-0.3, -0.25) is 5.10 Å². The normalized spacial score (nSPS) is 17.6. The van der Waals surface area contributed by atoms with Crippen LogP contribution in [0.5, 0.6) is 0 Å². The number of nitrogens with zero attached hydrogens (tertiary/aromatic N) is 1. The Morgan fingerprint density at radius 3 is 2.83 bits per heavy atom. The quantitative estimate of drug-likeness (QED) is 0.926. The van der Waals surface area contributed by atoms with Gasteiger partial charge >= 0.3 is 0 Å². The molecule has 0 amide bonds. The van der Waals surface area contributed by atoms with Gasteiger partial charge in [0.15, 0.2) is 9.84 Å². The van der Waals surface area contributed by atoms with E-state index in [-0.39, 0.29) is 5.75 Å². The highest BCUT2D eigenvalue weighted by Crippen LogP contribution is 2.28. The third-order valence-electron chi connectivity index (χ3n) is 3.70. The lowest BCUT2D eigenvalue weighted by Crippen LogP contribution is -2.13. The van der Waals surface area contributed by atoms with Crippen molar-refractivity contribution in [2.24, 2.45) is 5.92 Å². The molecule has 4 nitrogen and oxygen atoms in total. The molecule has 0 unspecified atom stereocenters. The number of hydrogen-bond donors (Lipinski definition) is 1. The van der Waals surface area contributed by atoms with Crippen molar-refractivity contribution >= 4 is 20.7 Å². The lowest BCUT2D eigenvalue weighted by molar-refractivity contribution is 0.559. The van der Waals surface area contributed by atoms with E-state index in [1.54, 1.807) is 24.4 Å². The fourth-order valence-corrected chi connectivity index (χ4v) is 4.43. The molecule has 1 saturated carbocycles. The summed E-state index contributed by atoms with van der Waals surface area (Å²) in [7, 11) is -3.15. The molecule has 96 valence electrons. The van der Waals surface area contributed by atoms with Crippen molar-refractivity contribution in [1.29, 1.82) is 0 Å². The molecule has 1 heterocycles. The van der Waals surface area contributed by atoms with Crippen molar-refractivity contribution in [2.75, 3.05) is 5.75 Å². The maximum atomic E-state index is 12.3. The first-order chi connectivity index (χ1) is 8.65. The highest BCUT2D eigenvalue weighted by atomic mass is 32.2. The third-order valence-corrected chi connectivity index (χ3v) is 5.58. The molecule has 1 aromatic carbocycles. The van der Waals surface area contributed by atoms with E-state index < -0.39 is 9.84 Å². The second kappa shape index (κ2) is 4.39. The molecule has 0 saturated heterocycles. The molecule has 0 spiro atoms. The van der Waals surface area contributed by atoms with Crippen molar-refractivity contribution in [3.05, 3.63) is 24.4 Å². The SMILES string of the molecule is O=S(=O)(CC1CCCC1)c1ccc2[nH]ncc2c1. The van der Waals surface area contributed by atoms with Gasteiger partial charge in [-0.15, -0.1) is 0 Å². The smallest absolute Gasteiger partial charge is 0.178 e. The number of rotatable bonds is 3. The van der Waals surface area contributed by atoms with Crippen molar-refractivity contribution in [3.8, 4) is 0 Å². The van der Waals surface area contributed by atoms with Crippen LogP contribution in [0, 0.1) is 5.92 Å². The van der Waals surface area contributed by atoms with Crippen LogP contribution in [0.3, 0.4) is 0 Å². The zero-order chi connectivity index (χ0) is 12.6. The maximum absolute atomic E-state index is 12.3. The highest BCUT2D eigenvalue weighted by Gasteiger charge is 2.24. The standard InChI is InChI=1S/C13H16N2O2S/c16-18(17,9-10-3-1-2-4-10)12-5-6-13-11(7-12)8-14-15-13/h5-8,10H,1-4,9H2,(H,14,15). The molecule has 1 aliphatic rings. The number of fused-ring (bicyclic) bond motifs is 1. The molecule has 1 N–H and O–H groups in total. The predicted octanol–water partition coefficient (Wildman–Crippen LogP) is 2.53. The number of hydrogen-bond acceptors (Lipinski definition) is 3. The second-order valence-electron chi connectivity index (χ2n) is 5.05. The highest BCUT2D eigenvalue weighted by molar-refractivity contribution is 7.91. The van der Waals surface area contributed by atoms with Crippen LogP contribution >= 0.6 is 0 Å². The largest absolute Gasteiger partial charge is 0.278 e. The van der Waals surface area contributed by atoms with Crippen LogP contribution < -0.4 is 0 Å². The Morgan fingerprint density at radius 1 is 1.28 bits per heavy atom. The molecular formula is C13H16N2O2S. The van der Waals surface area contributed by atoms with E-state index >= 15 is 0 Å². The topological polar surface area (TPSA) is 62.8 Å². The summed E-state index contributed by atoms with van der Waals surface area (Å²) in [5.41, 5.74) is 0.870. The van der Waals surface area contributed by atoms with E-state index in [9.17, 15) is 8.42 Å². The van der Waals surface area contributed by atoms with Crippen LogP contribution in [-0.2, 0) is 9.84 Å². The Bertz CT molecular complexity index is 654. The number of aromatic amines is 1. The summed E-state index contributed by atoms with van der Waals surface area (Å²) in [6.07, 6.45) is 6.09. The Morgan fingerprint density at radius 2 is 2.06 bits per heavy atom. The van der Waals surface area contributed by atoms with Crippen LogP contribution in [-0.4, -0.2) is 24.4 Å². The number of H-pyrrole nitrogens is 1. The molecule has 1 aromatic heterocycles. The number of sulfone groups is 1. The first-order valence-corrected chi connectivity index (χ1v) is 7.96. The summed E-state index contributed by atoms with van der Waals surface area (Å²) in [4.78, 5) is 0.420. The molecule has 18 heavy (non-hydrogen) atoms. The average Bonchev–Trinajstić information content (AvgIpc) is 2.97. The number of aromatic nitrogens is 2. The first kappa shape index (κ1) is 11.7. The lowest BCUT2D eigenvalue weighted by Gasteiger charge is -2.09. The fraction of sp³-hybridized carbons (Fsp3) is 0.462. The fourth-order valence-electron chi connectivity index (χ4n) is 2.70. The van der Waals surface area contributed by atoms with Gasteiger partial charge in [0.2, 0.25) is 0 Å². The molecule has 1 fully saturated rings. The maximum Gasteiger partial charge on any atom is 0.178 e. The first-order valence-electron chi connectivity index (χ1n) is 6.31. The van der Waals surface area contributed by atoms with Crippen LogP contribution in [0.25, 0.3) is 10.9 Å². The van der Waals surface area contributed by atoms with Gasteiger partial charge in [-0.25, -0.2) is 8.42 Å². The molecule has 3 rings (SSSR count). The molecule has 0 bridgehead atoms. The van der Waals surface area contributed by atoms with Crippen molar-refractivity contribution in [2.45, 2.75) is 30.6 Å². The Balaban J connectivity index is 1.91. The summed E-state index contributed by atoms with van der Waals surface area (Å²) in [6, 6.07) is 5.16. The van der Waals surface area contributed by atoms with Crippen LogP contribution in [0.4, 0.5) is 0 Å². The Kier molecular flexibility index (Phi) is 2.86. The Labute approximate surface area is 106 Å². The van der Waals surface area contributed by atoms with Gasteiger partial charge in [0.05, 0.1) is 22.4 Å². The molecule has 2 aromatic rings. The van der Waals surface area contributed by atoms with Crippen LogP contribution in [0.15, 0.2) is 29.3 Å². The zero-order valence-corrected chi connectivity index (χ0v) is 10.9.